The van der Waals surface area contributed by atoms with Gasteiger partial charge in [-0.15, -0.1) is 0 Å². The summed E-state index contributed by atoms with van der Waals surface area (Å²) in [7, 11) is 0. The molecule has 3 aromatic carbocycles. The molecule has 4 N–H and O–H groups in total. The molecule has 74 heavy (non-hydrogen) atoms. The van der Waals surface area contributed by atoms with Crippen molar-refractivity contribution in [3.63, 3.8) is 0 Å². The number of esters is 1. The quantitative estimate of drug-likeness (QED) is 0.0238. The van der Waals surface area contributed by atoms with Gasteiger partial charge in [0.25, 0.3) is 0 Å². The molecular weight excluding hydrogens is 949 g/mol. The van der Waals surface area contributed by atoms with E-state index in [-0.39, 0.29) is 32.0 Å². The van der Waals surface area contributed by atoms with E-state index in [1.165, 1.54) is 6.92 Å². The van der Waals surface area contributed by atoms with Crippen molar-refractivity contribution in [3.8, 4) is 11.5 Å². The van der Waals surface area contributed by atoms with E-state index in [2.05, 4.69) is 6.58 Å². The highest BCUT2D eigenvalue weighted by molar-refractivity contribution is 5.98. The van der Waals surface area contributed by atoms with Crippen LogP contribution in [-0.4, -0.2) is 112 Å². The van der Waals surface area contributed by atoms with Crippen molar-refractivity contribution in [2.75, 3.05) is 26.4 Å². The van der Waals surface area contributed by atoms with Crippen molar-refractivity contribution < 1.29 is 72.8 Å². The highest BCUT2D eigenvalue weighted by Crippen LogP contribution is 2.57. The van der Waals surface area contributed by atoms with Gasteiger partial charge in [0.05, 0.1) is 13.2 Å². The number of hydrogen-bond acceptors (Lipinski definition) is 12. The molecule has 0 spiro atoms. The maximum Gasteiger partial charge on any atom is 0.343 e. The van der Waals surface area contributed by atoms with Crippen LogP contribution >= 0.6 is 0 Å². The van der Waals surface area contributed by atoms with Gasteiger partial charge in [0.15, 0.2) is 5.79 Å². The van der Waals surface area contributed by atoms with E-state index >= 15 is 0 Å². The summed E-state index contributed by atoms with van der Waals surface area (Å²) in [5.41, 5.74) is -4.94. The van der Waals surface area contributed by atoms with Gasteiger partial charge in [0.1, 0.15) is 29.8 Å². The summed E-state index contributed by atoms with van der Waals surface area (Å²) in [6, 6.07) is 29.0. The van der Waals surface area contributed by atoms with Crippen LogP contribution in [0.25, 0.3) is 0 Å². The third-order valence-corrected chi connectivity index (χ3v) is 14.2. The van der Waals surface area contributed by atoms with Gasteiger partial charge in [0.2, 0.25) is 17.3 Å². The Hall–Kier alpha value is -5.32. The van der Waals surface area contributed by atoms with Crippen LogP contribution < -0.4 is 9.47 Å². The number of hydrogen-bond donors (Lipinski definition) is 4. The van der Waals surface area contributed by atoms with Gasteiger partial charge in [-0.05, 0) is 73.9 Å². The lowest BCUT2D eigenvalue weighted by atomic mass is 9.74. The van der Waals surface area contributed by atoms with Gasteiger partial charge in [-0.2, -0.15) is 0 Å². The number of rotatable bonds is 39. The van der Waals surface area contributed by atoms with Crippen molar-refractivity contribution >= 4 is 23.9 Å². The molecule has 408 valence electrons. The molecular formula is C59H82O15. The molecule has 0 amide bonds. The average molecular weight is 1030 g/mol. The number of unbranched alkanes of at least 4 members (excludes halogenated alkanes) is 16. The number of carbonyl (C=O) groups excluding carboxylic acids is 1. The lowest BCUT2D eigenvalue weighted by Crippen LogP contribution is -2.79. The molecule has 15 heteroatoms. The first-order chi connectivity index (χ1) is 35.8. The topological polar surface area (TPSA) is 214 Å². The van der Waals surface area contributed by atoms with Gasteiger partial charge >= 0.3 is 23.9 Å². The number of aliphatic hydroxyl groups is 1. The van der Waals surface area contributed by atoms with E-state index in [1.807, 2.05) is 97.9 Å². The first-order valence-corrected chi connectivity index (χ1v) is 27.0. The fraction of sp³-hybridized carbons (Fsp3) is 0.593. The largest absolute Gasteiger partial charge is 0.494 e. The van der Waals surface area contributed by atoms with Crippen LogP contribution in [0.15, 0.2) is 103 Å². The predicted octanol–water partition coefficient (Wildman–Crippen LogP) is 10.9. The minimum Gasteiger partial charge on any atom is -0.494 e. The summed E-state index contributed by atoms with van der Waals surface area (Å²) in [6.07, 6.45) is 8.69. The number of aliphatic carboxylic acids is 3. The smallest absolute Gasteiger partial charge is 0.343 e. The predicted molar refractivity (Wildman–Crippen MR) is 279 cm³/mol. The second kappa shape index (κ2) is 30.9. The van der Waals surface area contributed by atoms with E-state index in [1.54, 1.807) is 0 Å². The van der Waals surface area contributed by atoms with E-state index in [0.29, 0.717) is 44.5 Å². The molecule has 2 aliphatic rings. The van der Waals surface area contributed by atoms with Crippen LogP contribution in [0.1, 0.15) is 148 Å². The third-order valence-electron chi connectivity index (χ3n) is 14.2. The number of carboxylic acid groups (broad SMARTS) is 3. The fourth-order valence-electron chi connectivity index (χ4n) is 10.3. The Balaban J connectivity index is 1.22. The van der Waals surface area contributed by atoms with Crippen LogP contribution in [0.4, 0.5) is 0 Å². The highest BCUT2D eigenvalue weighted by Gasteiger charge is 2.86. The number of fused-ring (bicyclic) bond motifs is 2. The normalized spacial score (nSPS) is 22.9. The second-order valence-corrected chi connectivity index (χ2v) is 20.0. The van der Waals surface area contributed by atoms with Gasteiger partial charge < -0.3 is 53.6 Å². The average Bonchev–Trinajstić information content (AvgIpc) is 3.60. The van der Waals surface area contributed by atoms with E-state index in [9.17, 15) is 39.6 Å². The number of ether oxygens (including phenoxy) is 7. The zero-order valence-electron chi connectivity index (χ0n) is 43.7. The summed E-state index contributed by atoms with van der Waals surface area (Å²) in [5.74, 6) is -7.19. The molecule has 0 aromatic heterocycles. The molecule has 0 radical (unpaired) electrons. The Morgan fingerprint density at radius 1 is 0.622 bits per heavy atom. The number of benzene rings is 3. The summed E-state index contributed by atoms with van der Waals surface area (Å²) >= 11 is 0. The van der Waals surface area contributed by atoms with Gasteiger partial charge in [0, 0.05) is 32.5 Å². The second-order valence-electron chi connectivity index (χ2n) is 20.0. The molecule has 0 aliphatic carbocycles. The van der Waals surface area contributed by atoms with Crippen LogP contribution in [0.3, 0.4) is 0 Å². The molecule has 2 bridgehead atoms. The number of carboxylic acids is 3. The third kappa shape index (κ3) is 16.6. The highest BCUT2D eigenvalue weighted by atomic mass is 16.8. The van der Waals surface area contributed by atoms with Crippen LogP contribution in [0, 0.1) is 5.92 Å². The molecule has 4 unspecified atom stereocenters. The molecule has 2 heterocycles. The lowest BCUT2D eigenvalue weighted by molar-refractivity contribution is -0.380. The molecule has 2 saturated heterocycles. The summed E-state index contributed by atoms with van der Waals surface area (Å²) in [5, 5.41) is 45.5. The van der Waals surface area contributed by atoms with Gasteiger partial charge in [-0.1, -0.05) is 170 Å². The standard InChI is InChI=1S/C59H82O15/c1-44(50(72-46(3)60)45(2)43-47-31-21-18-22-32-47)37-38-57-51(61)52(70-41-29-16-12-8-4-6-10-14-27-39-68-48-33-23-19-24-34-48)59(74-57,56(66)67)58(55(64)65,53(73-57)54(62)63)71-42-30-17-13-9-5-7-11-15-28-40-69-49-35-25-20-26-36-49/h18-26,31-36,45,50-53,61H,1,4-17,27-30,37-43H2,2-3H3,(H,62,63)(H,64,65)(H,66,67)/t45-,50-,51-,52-,53?,57?,58?,59?/m1/s1. The molecule has 8 atom stereocenters. The Bertz CT molecular complexity index is 2140. The molecule has 2 aliphatic heterocycles. The maximum atomic E-state index is 13.9. The van der Waals surface area contributed by atoms with Crippen molar-refractivity contribution in [2.24, 2.45) is 5.92 Å². The first kappa shape index (κ1) is 59.6. The SMILES string of the molecule is C=C(CCC12OC(C(=O)O)C(OCCCCCCCCCCCOc3ccccc3)(C(=O)O)C(C(=O)O)(O1)[C@H](OCCCCCCCCCCCOc1ccccc1)[C@H]2O)[C@@H](OC(C)=O)[C@H](C)Cc1ccccc1. The Morgan fingerprint density at radius 3 is 1.51 bits per heavy atom. The fourth-order valence-corrected chi connectivity index (χ4v) is 10.3. The van der Waals surface area contributed by atoms with Gasteiger partial charge in [-0.3, -0.25) is 4.79 Å². The summed E-state index contributed by atoms with van der Waals surface area (Å²) in [4.78, 5) is 53.4. The van der Waals surface area contributed by atoms with E-state index in [0.717, 1.165) is 107 Å². The number of para-hydroxylation sites is 2. The number of aliphatic hydroxyl groups excluding tert-OH is 1. The van der Waals surface area contributed by atoms with Crippen LogP contribution in [0.5, 0.6) is 11.5 Å². The van der Waals surface area contributed by atoms with E-state index in [4.69, 9.17) is 33.2 Å². The molecule has 15 nitrogen and oxygen atoms in total. The Labute approximate surface area is 437 Å². The minimum absolute atomic E-state index is 0.0925. The van der Waals surface area contributed by atoms with E-state index < -0.39 is 71.7 Å². The Morgan fingerprint density at radius 2 is 1.07 bits per heavy atom. The number of carbonyl (C=O) groups is 4. The zero-order valence-corrected chi connectivity index (χ0v) is 43.7. The molecule has 3 aromatic rings. The van der Waals surface area contributed by atoms with Crippen molar-refractivity contribution in [1.29, 1.82) is 0 Å². The monoisotopic (exact) mass is 1030 g/mol. The first-order valence-electron chi connectivity index (χ1n) is 27.0. The van der Waals surface area contributed by atoms with Crippen LogP contribution in [-0.2, 0) is 49.3 Å². The van der Waals surface area contributed by atoms with Crippen molar-refractivity contribution in [2.45, 2.75) is 190 Å². The van der Waals surface area contributed by atoms with Gasteiger partial charge in [-0.25, -0.2) is 14.4 Å². The summed E-state index contributed by atoms with van der Waals surface area (Å²) < 4.78 is 42.0. The Kier molecular flexibility index (Phi) is 24.9. The van der Waals surface area contributed by atoms with Crippen molar-refractivity contribution in [1.82, 2.24) is 0 Å². The minimum atomic E-state index is -3.20. The van der Waals surface area contributed by atoms with Crippen LogP contribution in [0.2, 0.25) is 0 Å². The summed E-state index contributed by atoms with van der Waals surface area (Å²) in [6.45, 7) is 8.27. The maximum absolute atomic E-state index is 13.9. The van der Waals surface area contributed by atoms with Crippen molar-refractivity contribution in [3.05, 3.63) is 109 Å². The molecule has 2 fully saturated rings. The zero-order chi connectivity index (χ0) is 53.2. The molecule has 5 rings (SSSR count). The lowest BCUT2D eigenvalue weighted by Gasteiger charge is -2.51. The molecule has 0 saturated carbocycles.